The summed E-state index contributed by atoms with van der Waals surface area (Å²) in [7, 11) is 0. The molecule has 1 aromatic heterocycles. The Morgan fingerprint density at radius 1 is 1.33 bits per heavy atom. The Balaban J connectivity index is 2.13. The lowest BCUT2D eigenvalue weighted by molar-refractivity contribution is 0.187. The van der Waals surface area contributed by atoms with Gasteiger partial charge in [0.2, 0.25) is 0 Å². The molecule has 1 aromatic carbocycles. The first-order chi connectivity index (χ1) is 10.1. The molecule has 1 aliphatic rings. The van der Waals surface area contributed by atoms with E-state index in [-0.39, 0.29) is 5.82 Å². The Morgan fingerprint density at radius 3 is 2.90 bits per heavy atom. The average molecular weight is 309 g/mol. The van der Waals surface area contributed by atoms with Crippen LogP contribution in [-0.2, 0) is 6.42 Å². The van der Waals surface area contributed by atoms with E-state index in [1.54, 1.807) is 12.1 Å². The van der Waals surface area contributed by atoms with Crippen LogP contribution in [0.25, 0.3) is 11.0 Å². The Morgan fingerprint density at radius 2 is 2.14 bits per heavy atom. The highest BCUT2D eigenvalue weighted by Crippen LogP contribution is 2.40. The molecule has 2 nitrogen and oxygen atoms in total. The molecule has 3 atom stereocenters. The van der Waals surface area contributed by atoms with Gasteiger partial charge in [-0.2, -0.15) is 0 Å². The van der Waals surface area contributed by atoms with Gasteiger partial charge >= 0.3 is 0 Å². The molecule has 114 valence electrons. The van der Waals surface area contributed by atoms with Gasteiger partial charge in [0.25, 0.3) is 0 Å². The molecule has 0 aliphatic heterocycles. The number of aromatic nitrogens is 2. The molecule has 4 heteroatoms. The number of imidazole rings is 1. The SMILES string of the molecule is CC1CCCC(n2c(CCCl)nc3ccc(F)cc32)C1C. The molecule has 1 fully saturated rings. The lowest BCUT2D eigenvalue weighted by Gasteiger charge is -2.36. The van der Waals surface area contributed by atoms with Crippen molar-refractivity contribution in [2.45, 2.75) is 45.6 Å². The molecule has 0 radical (unpaired) electrons. The number of alkyl halides is 1. The van der Waals surface area contributed by atoms with Gasteiger partial charge in [-0.1, -0.05) is 26.7 Å². The summed E-state index contributed by atoms with van der Waals surface area (Å²) in [4.78, 5) is 4.69. The van der Waals surface area contributed by atoms with Gasteiger partial charge in [-0.3, -0.25) is 0 Å². The van der Waals surface area contributed by atoms with Crippen molar-refractivity contribution in [3.63, 3.8) is 0 Å². The monoisotopic (exact) mass is 308 g/mol. The molecule has 0 amide bonds. The van der Waals surface area contributed by atoms with Crippen molar-refractivity contribution in [3.8, 4) is 0 Å². The minimum absolute atomic E-state index is 0.197. The van der Waals surface area contributed by atoms with E-state index in [1.165, 1.54) is 18.9 Å². The van der Waals surface area contributed by atoms with E-state index in [4.69, 9.17) is 16.6 Å². The van der Waals surface area contributed by atoms with Crippen LogP contribution in [-0.4, -0.2) is 15.4 Å². The van der Waals surface area contributed by atoms with E-state index in [0.29, 0.717) is 23.8 Å². The molecule has 0 N–H and O–H groups in total. The van der Waals surface area contributed by atoms with Crippen LogP contribution in [0.4, 0.5) is 4.39 Å². The summed E-state index contributed by atoms with van der Waals surface area (Å²) in [5.74, 6) is 2.61. The van der Waals surface area contributed by atoms with Gasteiger partial charge in [0.15, 0.2) is 0 Å². The summed E-state index contributed by atoms with van der Waals surface area (Å²) < 4.78 is 16.0. The first-order valence-electron chi connectivity index (χ1n) is 7.84. The van der Waals surface area contributed by atoms with Gasteiger partial charge in [-0.15, -0.1) is 11.6 Å². The van der Waals surface area contributed by atoms with E-state index >= 15 is 0 Å². The van der Waals surface area contributed by atoms with Crippen LogP contribution >= 0.6 is 11.6 Å². The third kappa shape index (κ3) is 2.68. The second kappa shape index (κ2) is 5.96. The maximum absolute atomic E-state index is 13.7. The minimum atomic E-state index is -0.197. The Kier molecular flexibility index (Phi) is 4.21. The third-order valence-electron chi connectivity index (χ3n) is 5.04. The zero-order valence-electron chi connectivity index (χ0n) is 12.6. The Bertz CT molecular complexity index is 637. The number of fused-ring (bicyclic) bond motifs is 1. The maximum Gasteiger partial charge on any atom is 0.125 e. The molecule has 21 heavy (non-hydrogen) atoms. The summed E-state index contributed by atoms with van der Waals surface area (Å²) in [5, 5.41) is 0. The summed E-state index contributed by atoms with van der Waals surface area (Å²) in [5.41, 5.74) is 1.79. The number of benzene rings is 1. The van der Waals surface area contributed by atoms with Crippen LogP contribution in [0.5, 0.6) is 0 Å². The first-order valence-corrected chi connectivity index (χ1v) is 8.37. The fourth-order valence-electron chi connectivity index (χ4n) is 3.67. The second-order valence-electron chi connectivity index (χ2n) is 6.30. The Hall–Kier alpha value is -1.09. The van der Waals surface area contributed by atoms with Gasteiger partial charge in [0.1, 0.15) is 11.6 Å². The largest absolute Gasteiger partial charge is 0.324 e. The smallest absolute Gasteiger partial charge is 0.125 e. The van der Waals surface area contributed by atoms with E-state index in [0.717, 1.165) is 29.7 Å². The highest BCUT2D eigenvalue weighted by atomic mass is 35.5. The standard InChI is InChI=1S/C17H22ClFN2/c1-11-4-3-5-15(12(11)2)21-16-10-13(19)6-7-14(16)20-17(21)8-9-18/h6-7,10-12,15H,3-5,8-9H2,1-2H3. The number of hydrogen-bond donors (Lipinski definition) is 0. The van der Waals surface area contributed by atoms with Gasteiger partial charge < -0.3 is 4.57 Å². The molecule has 2 aromatic rings. The molecular weight excluding hydrogens is 287 g/mol. The molecular formula is C17H22ClFN2. The molecule has 1 heterocycles. The van der Waals surface area contributed by atoms with Gasteiger partial charge in [0, 0.05) is 18.3 Å². The average Bonchev–Trinajstić information content (AvgIpc) is 2.80. The van der Waals surface area contributed by atoms with Crippen molar-refractivity contribution >= 4 is 22.6 Å². The van der Waals surface area contributed by atoms with Gasteiger partial charge in [0.05, 0.1) is 11.0 Å². The van der Waals surface area contributed by atoms with Crippen molar-refractivity contribution in [2.75, 3.05) is 5.88 Å². The topological polar surface area (TPSA) is 17.8 Å². The van der Waals surface area contributed by atoms with Crippen molar-refractivity contribution in [3.05, 3.63) is 29.8 Å². The molecule has 1 aliphatic carbocycles. The lowest BCUT2D eigenvalue weighted by atomic mass is 9.78. The molecule has 1 saturated carbocycles. The van der Waals surface area contributed by atoms with E-state index < -0.39 is 0 Å². The fourth-order valence-corrected chi connectivity index (χ4v) is 3.83. The predicted octanol–water partition coefficient (Wildman–Crippen LogP) is 4.95. The van der Waals surface area contributed by atoms with E-state index in [1.807, 2.05) is 0 Å². The fraction of sp³-hybridized carbons (Fsp3) is 0.588. The lowest BCUT2D eigenvalue weighted by Crippen LogP contribution is -2.28. The highest BCUT2D eigenvalue weighted by molar-refractivity contribution is 6.17. The molecule has 0 bridgehead atoms. The van der Waals surface area contributed by atoms with Crippen molar-refractivity contribution < 1.29 is 4.39 Å². The number of hydrogen-bond acceptors (Lipinski definition) is 1. The van der Waals surface area contributed by atoms with Crippen LogP contribution in [0.1, 0.15) is 45.0 Å². The molecule has 0 saturated heterocycles. The highest BCUT2D eigenvalue weighted by Gasteiger charge is 2.30. The second-order valence-corrected chi connectivity index (χ2v) is 6.68. The predicted molar refractivity (Wildman–Crippen MR) is 85.3 cm³/mol. The molecule has 3 rings (SSSR count). The summed E-state index contributed by atoms with van der Waals surface area (Å²) in [6, 6.07) is 5.28. The maximum atomic E-state index is 13.7. The van der Waals surface area contributed by atoms with Crippen LogP contribution in [0.2, 0.25) is 0 Å². The minimum Gasteiger partial charge on any atom is -0.324 e. The normalized spacial score (nSPS) is 26.4. The van der Waals surface area contributed by atoms with Crippen LogP contribution in [0.15, 0.2) is 18.2 Å². The van der Waals surface area contributed by atoms with Crippen LogP contribution < -0.4 is 0 Å². The van der Waals surface area contributed by atoms with E-state index in [2.05, 4.69) is 18.4 Å². The molecule has 0 spiro atoms. The van der Waals surface area contributed by atoms with Crippen molar-refractivity contribution in [1.82, 2.24) is 9.55 Å². The molecule has 3 unspecified atom stereocenters. The van der Waals surface area contributed by atoms with Gasteiger partial charge in [-0.25, -0.2) is 9.37 Å². The number of rotatable bonds is 3. The number of aryl methyl sites for hydroxylation is 1. The van der Waals surface area contributed by atoms with Crippen LogP contribution in [0.3, 0.4) is 0 Å². The van der Waals surface area contributed by atoms with Crippen molar-refractivity contribution in [1.29, 1.82) is 0 Å². The van der Waals surface area contributed by atoms with Crippen molar-refractivity contribution in [2.24, 2.45) is 11.8 Å². The summed E-state index contributed by atoms with van der Waals surface area (Å²) in [6.07, 6.45) is 4.38. The summed E-state index contributed by atoms with van der Waals surface area (Å²) >= 11 is 5.94. The van der Waals surface area contributed by atoms with Crippen LogP contribution in [0, 0.1) is 17.7 Å². The first kappa shape index (κ1) is 14.8. The number of halogens is 2. The summed E-state index contributed by atoms with van der Waals surface area (Å²) in [6.45, 7) is 4.63. The quantitative estimate of drug-likeness (QED) is 0.733. The zero-order valence-corrected chi connectivity index (χ0v) is 13.4. The third-order valence-corrected chi connectivity index (χ3v) is 5.23. The van der Waals surface area contributed by atoms with E-state index in [9.17, 15) is 4.39 Å². The number of nitrogens with zero attached hydrogens (tertiary/aromatic N) is 2. The zero-order chi connectivity index (χ0) is 15.0. The Labute approximate surface area is 130 Å². The van der Waals surface area contributed by atoms with Gasteiger partial charge in [-0.05, 0) is 36.5 Å².